The van der Waals surface area contributed by atoms with Crippen LogP contribution < -0.4 is 4.90 Å². The van der Waals surface area contributed by atoms with Gasteiger partial charge in [-0.15, -0.1) is 6.58 Å². The van der Waals surface area contributed by atoms with Crippen molar-refractivity contribution in [2.24, 2.45) is 5.92 Å². The van der Waals surface area contributed by atoms with Crippen molar-refractivity contribution in [3.8, 4) is 0 Å². The van der Waals surface area contributed by atoms with Crippen molar-refractivity contribution in [2.45, 2.75) is 6.42 Å². The van der Waals surface area contributed by atoms with Crippen LogP contribution in [0, 0.1) is 11.7 Å². The number of carbonyl (C=O) groups is 1. The van der Waals surface area contributed by atoms with Gasteiger partial charge in [-0.05, 0) is 34.1 Å². The topological polar surface area (TPSA) is 20.3 Å². The fourth-order valence-corrected chi connectivity index (χ4v) is 2.39. The van der Waals surface area contributed by atoms with E-state index in [1.807, 2.05) is 0 Å². The van der Waals surface area contributed by atoms with Gasteiger partial charge in [-0.25, -0.2) is 4.39 Å². The van der Waals surface area contributed by atoms with Crippen molar-refractivity contribution < 1.29 is 9.18 Å². The standard InChI is InChI=1S/C12H11BrFNO/c1-2-8-5-12(16)15(7-8)11-4-3-9(14)6-10(11)13/h2-4,6,8H,1,5,7H2. The number of rotatable bonds is 2. The Kier molecular flexibility index (Phi) is 3.10. The molecule has 0 aliphatic carbocycles. The van der Waals surface area contributed by atoms with Crippen molar-refractivity contribution >= 4 is 27.5 Å². The summed E-state index contributed by atoms with van der Waals surface area (Å²) < 4.78 is 13.5. The van der Waals surface area contributed by atoms with Crippen LogP contribution >= 0.6 is 15.9 Å². The maximum absolute atomic E-state index is 12.9. The largest absolute Gasteiger partial charge is 0.311 e. The van der Waals surface area contributed by atoms with Crippen LogP contribution in [0.5, 0.6) is 0 Å². The van der Waals surface area contributed by atoms with Crippen molar-refractivity contribution in [1.82, 2.24) is 0 Å². The van der Waals surface area contributed by atoms with Gasteiger partial charge in [-0.1, -0.05) is 6.08 Å². The number of halogens is 2. The third-order valence-electron chi connectivity index (χ3n) is 2.69. The first kappa shape index (κ1) is 11.3. The van der Waals surface area contributed by atoms with Gasteiger partial charge in [0, 0.05) is 23.4 Å². The highest BCUT2D eigenvalue weighted by Gasteiger charge is 2.29. The Hall–Kier alpha value is -1.16. The molecule has 1 unspecified atom stereocenters. The first-order valence-electron chi connectivity index (χ1n) is 5.00. The molecular formula is C12H11BrFNO. The van der Waals surface area contributed by atoms with Gasteiger partial charge in [0.15, 0.2) is 0 Å². The van der Waals surface area contributed by atoms with E-state index in [2.05, 4.69) is 22.5 Å². The van der Waals surface area contributed by atoms with E-state index in [0.29, 0.717) is 17.4 Å². The van der Waals surface area contributed by atoms with Crippen molar-refractivity contribution in [3.63, 3.8) is 0 Å². The van der Waals surface area contributed by atoms with E-state index >= 15 is 0 Å². The molecule has 1 fully saturated rings. The molecule has 0 N–H and O–H groups in total. The number of carbonyl (C=O) groups excluding carboxylic acids is 1. The van der Waals surface area contributed by atoms with Gasteiger partial charge in [0.1, 0.15) is 5.82 Å². The number of anilines is 1. The fourth-order valence-electron chi connectivity index (χ4n) is 1.83. The summed E-state index contributed by atoms with van der Waals surface area (Å²) in [7, 11) is 0. The average molecular weight is 284 g/mol. The van der Waals surface area contributed by atoms with E-state index in [9.17, 15) is 9.18 Å². The summed E-state index contributed by atoms with van der Waals surface area (Å²) >= 11 is 3.27. The normalized spacial score (nSPS) is 20.2. The summed E-state index contributed by atoms with van der Waals surface area (Å²) in [6, 6.07) is 4.33. The molecule has 1 aliphatic heterocycles. The molecule has 2 rings (SSSR count). The smallest absolute Gasteiger partial charge is 0.227 e. The van der Waals surface area contributed by atoms with Crippen molar-refractivity contribution in [2.75, 3.05) is 11.4 Å². The van der Waals surface area contributed by atoms with Gasteiger partial charge in [0.05, 0.1) is 5.69 Å². The summed E-state index contributed by atoms with van der Waals surface area (Å²) in [5, 5.41) is 0. The minimum Gasteiger partial charge on any atom is -0.311 e. The van der Waals surface area contributed by atoms with Crippen molar-refractivity contribution in [3.05, 3.63) is 41.1 Å². The minimum atomic E-state index is -0.317. The van der Waals surface area contributed by atoms with Crippen LogP contribution in [0.2, 0.25) is 0 Å². The zero-order valence-electron chi connectivity index (χ0n) is 8.62. The van der Waals surface area contributed by atoms with Gasteiger partial charge in [0.2, 0.25) is 5.91 Å². The molecule has 16 heavy (non-hydrogen) atoms. The maximum atomic E-state index is 12.9. The van der Waals surface area contributed by atoms with Gasteiger partial charge < -0.3 is 4.90 Å². The summed E-state index contributed by atoms with van der Waals surface area (Å²) in [6.45, 7) is 4.31. The Morgan fingerprint density at radius 2 is 2.31 bits per heavy atom. The second-order valence-electron chi connectivity index (χ2n) is 3.80. The Bertz CT molecular complexity index is 447. The molecule has 2 nitrogen and oxygen atoms in total. The number of nitrogens with zero attached hydrogens (tertiary/aromatic N) is 1. The predicted octanol–water partition coefficient (Wildman–Crippen LogP) is 3.13. The minimum absolute atomic E-state index is 0.0530. The Labute approximate surface area is 102 Å². The summed E-state index contributed by atoms with van der Waals surface area (Å²) in [4.78, 5) is 13.4. The SMILES string of the molecule is C=CC1CC(=O)N(c2ccc(F)cc2Br)C1. The average Bonchev–Trinajstić information content (AvgIpc) is 2.60. The Morgan fingerprint density at radius 1 is 1.56 bits per heavy atom. The quantitative estimate of drug-likeness (QED) is 0.764. The number of hydrogen-bond donors (Lipinski definition) is 0. The molecule has 0 spiro atoms. The van der Waals surface area contributed by atoms with Crippen molar-refractivity contribution in [1.29, 1.82) is 0 Å². The maximum Gasteiger partial charge on any atom is 0.227 e. The molecule has 84 valence electrons. The van der Waals surface area contributed by atoms with E-state index in [-0.39, 0.29) is 17.6 Å². The molecule has 1 aliphatic rings. The molecule has 4 heteroatoms. The molecule has 0 aromatic heterocycles. The molecule has 1 aromatic rings. The zero-order valence-corrected chi connectivity index (χ0v) is 10.2. The molecule has 1 saturated heterocycles. The highest BCUT2D eigenvalue weighted by Crippen LogP contribution is 2.32. The third kappa shape index (κ3) is 2.02. The molecule has 0 radical (unpaired) electrons. The zero-order chi connectivity index (χ0) is 11.7. The lowest BCUT2D eigenvalue weighted by atomic mass is 10.1. The lowest BCUT2D eigenvalue weighted by Crippen LogP contribution is -2.24. The van der Waals surface area contributed by atoms with Crippen LogP contribution in [-0.2, 0) is 4.79 Å². The molecule has 0 saturated carbocycles. The predicted molar refractivity (Wildman–Crippen MR) is 64.8 cm³/mol. The van der Waals surface area contributed by atoms with E-state index in [1.165, 1.54) is 12.1 Å². The lowest BCUT2D eigenvalue weighted by Gasteiger charge is -2.17. The van der Waals surface area contributed by atoms with Crippen LogP contribution in [0.15, 0.2) is 35.3 Å². The highest BCUT2D eigenvalue weighted by atomic mass is 79.9. The molecular weight excluding hydrogens is 273 g/mol. The molecule has 1 atom stereocenters. The van der Waals surface area contributed by atoms with Crippen LogP contribution in [0.4, 0.5) is 10.1 Å². The van der Waals surface area contributed by atoms with Crippen LogP contribution in [0.1, 0.15) is 6.42 Å². The van der Waals surface area contributed by atoms with E-state index in [0.717, 1.165) is 5.69 Å². The monoisotopic (exact) mass is 283 g/mol. The first-order valence-corrected chi connectivity index (χ1v) is 5.79. The fraction of sp³-hybridized carbons (Fsp3) is 0.250. The molecule has 0 bridgehead atoms. The first-order chi connectivity index (χ1) is 7.61. The molecule has 1 aromatic carbocycles. The highest BCUT2D eigenvalue weighted by molar-refractivity contribution is 9.10. The van der Waals surface area contributed by atoms with E-state index in [4.69, 9.17) is 0 Å². The molecule has 1 amide bonds. The second kappa shape index (κ2) is 4.37. The Morgan fingerprint density at radius 3 is 2.88 bits per heavy atom. The van der Waals surface area contributed by atoms with Gasteiger partial charge in [-0.3, -0.25) is 4.79 Å². The summed E-state index contributed by atoms with van der Waals surface area (Å²) in [6.07, 6.45) is 2.27. The van der Waals surface area contributed by atoms with Crippen LogP contribution in [-0.4, -0.2) is 12.5 Å². The van der Waals surface area contributed by atoms with Crippen LogP contribution in [0.25, 0.3) is 0 Å². The number of hydrogen-bond acceptors (Lipinski definition) is 1. The summed E-state index contributed by atoms with van der Waals surface area (Å²) in [5.41, 5.74) is 0.718. The number of amides is 1. The molecule has 1 heterocycles. The number of benzene rings is 1. The van der Waals surface area contributed by atoms with Gasteiger partial charge >= 0.3 is 0 Å². The van der Waals surface area contributed by atoms with Gasteiger partial charge in [-0.2, -0.15) is 0 Å². The van der Waals surface area contributed by atoms with Crippen LogP contribution in [0.3, 0.4) is 0 Å². The third-order valence-corrected chi connectivity index (χ3v) is 3.32. The van der Waals surface area contributed by atoms with Gasteiger partial charge in [0.25, 0.3) is 0 Å². The Balaban J connectivity index is 2.31. The van der Waals surface area contributed by atoms with E-state index in [1.54, 1.807) is 17.0 Å². The second-order valence-corrected chi connectivity index (χ2v) is 4.65. The summed E-state index contributed by atoms with van der Waals surface area (Å²) in [5.74, 6) is -0.0794. The lowest BCUT2D eigenvalue weighted by molar-refractivity contribution is -0.117. The van der Waals surface area contributed by atoms with E-state index < -0.39 is 0 Å².